The molecule has 2 N–H and O–H groups in total. The molecule has 8 heteroatoms. The number of thioether (sulfide) groups is 1. The van der Waals surface area contributed by atoms with Gasteiger partial charge in [0.1, 0.15) is 11.6 Å². The van der Waals surface area contributed by atoms with Crippen molar-refractivity contribution >= 4 is 17.4 Å². The van der Waals surface area contributed by atoms with Crippen molar-refractivity contribution in [3.63, 3.8) is 0 Å². The van der Waals surface area contributed by atoms with E-state index < -0.39 is 10.9 Å². The lowest BCUT2D eigenvalue weighted by molar-refractivity contribution is -0.0698. The van der Waals surface area contributed by atoms with Gasteiger partial charge in [0.2, 0.25) is 5.12 Å². The predicted octanol–water partition coefficient (Wildman–Crippen LogP) is 1.18. The molecule has 1 aliphatic rings. The fraction of sp³-hybridized carbons (Fsp3) is 0.375. The molecule has 1 aromatic carbocycles. The van der Waals surface area contributed by atoms with Gasteiger partial charge >= 0.3 is 0 Å². The molecule has 6 nitrogen and oxygen atoms in total. The van der Waals surface area contributed by atoms with Crippen LogP contribution in [0.2, 0.25) is 0 Å². The first-order valence-electron chi connectivity index (χ1n) is 7.48. The molecule has 0 spiro atoms. The van der Waals surface area contributed by atoms with Crippen molar-refractivity contribution in [3.05, 3.63) is 52.0 Å². The van der Waals surface area contributed by atoms with Gasteiger partial charge in [-0.2, -0.15) is 0 Å². The summed E-state index contributed by atoms with van der Waals surface area (Å²) >= 11 is 1.02. The zero-order valence-corrected chi connectivity index (χ0v) is 14.2. The molecule has 1 fully saturated rings. The highest BCUT2D eigenvalue weighted by Crippen LogP contribution is 2.31. The van der Waals surface area contributed by atoms with Crippen LogP contribution in [0.4, 0.5) is 10.1 Å². The van der Waals surface area contributed by atoms with Crippen LogP contribution in [0, 0.1) is 19.7 Å². The maximum absolute atomic E-state index is 14.6. The number of benzene rings is 1. The maximum atomic E-state index is 14.6. The second-order valence-electron chi connectivity index (χ2n) is 5.77. The summed E-state index contributed by atoms with van der Waals surface area (Å²) < 4.78 is 15.9. The fourth-order valence-corrected chi connectivity index (χ4v) is 3.73. The first-order valence-corrected chi connectivity index (χ1v) is 8.46. The molecule has 128 valence electrons. The summed E-state index contributed by atoms with van der Waals surface area (Å²) in [6.45, 7) is 3.84. The van der Waals surface area contributed by atoms with Crippen LogP contribution in [-0.2, 0) is 0 Å². The van der Waals surface area contributed by atoms with Crippen molar-refractivity contribution in [2.45, 2.75) is 19.0 Å². The third kappa shape index (κ3) is 3.31. The van der Waals surface area contributed by atoms with Crippen molar-refractivity contribution in [2.24, 2.45) is 0 Å². The van der Waals surface area contributed by atoms with Gasteiger partial charge in [0, 0.05) is 30.1 Å². The van der Waals surface area contributed by atoms with Gasteiger partial charge in [-0.05, 0) is 26.0 Å². The highest BCUT2D eigenvalue weighted by atomic mass is 32.2. The molecular weight excluding hydrogens is 333 g/mol. The van der Waals surface area contributed by atoms with Crippen LogP contribution in [0.5, 0.6) is 0 Å². The molecule has 0 unspecified atom stereocenters. The van der Waals surface area contributed by atoms with E-state index in [1.165, 1.54) is 16.7 Å². The molecule has 0 aliphatic carbocycles. The molecule has 1 aliphatic heterocycles. The lowest BCUT2D eigenvalue weighted by Crippen LogP contribution is -2.46. The molecule has 0 amide bonds. The Morgan fingerprint density at radius 3 is 2.67 bits per heavy atom. The molecule has 0 radical (unpaired) electrons. The number of halogens is 1. The molecule has 0 saturated carbocycles. The highest BCUT2D eigenvalue weighted by Gasteiger charge is 2.32. The van der Waals surface area contributed by atoms with Gasteiger partial charge in [-0.25, -0.2) is 9.37 Å². The molecule has 0 bridgehead atoms. The van der Waals surface area contributed by atoms with Crippen LogP contribution in [0.3, 0.4) is 0 Å². The van der Waals surface area contributed by atoms with Crippen molar-refractivity contribution in [3.8, 4) is 5.69 Å². The average Bonchev–Trinajstić information content (AvgIpc) is 2.45. The van der Waals surface area contributed by atoms with Gasteiger partial charge in [0.15, 0.2) is 0 Å². The van der Waals surface area contributed by atoms with E-state index in [-0.39, 0.29) is 17.8 Å². The summed E-state index contributed by atoms with van der Waals surface area (Å²) in [6, 6.07) is 5.83. The SMILES string of the molecule is Cc1cc(=O)n(-c2ccc(N3CCSC(O)(O)C3)c(F)c2)c(C)n1. The largest absolute Gasteiger partial charge is 0.362 e. The average molecular weight is 351 g/mol. The number of aromatic nitrogens is 2. The Kier molecular flexibility index (Phi) is 4.37. The lowest BCUT2D eigenvalue weighted by atomic mass is 10.2. The van der Waals surface area contributed by atoms with E-state index in [9.17, 15) is 19.4 Å². The Morgan fingerprint density at radius 1 is 1.29 bits per heavy atom. The molecular formula is C16H18FN3O3S. The molecule has 3 rings (SSSR count). The minimum absolute atomic E-state index is 0.0843. The smallest absolute Gasteiger partial charge is 0.258 e. The number of β-amino-alcohol motifs (C(OH)–C–C–N with tert-alkyl or cyclic N) is 2. The van der Waals surface area contributed by atoms with Gasteiger partial charge in [-0.15, -0.1) is 0 Å². The summed E-state index contributed by atoms with van der Waals surface area (Å²) in [6.07, 6.45) is 0. The standard InChI is InChI=1S/C16H18FN3O3S/c1-10-7-15(21)20(11(2)18-10)12-3-4-14(13(17)8-12)19-5-6-24-16(22,23)9-19/h3-4,7-8,22-23H,5-6,9H2,1-2H3. The fourth-order valence-electron chi connectivity index (χ4n) is 2.84. The van der Waals surface area contributed by atoms with Crippen molar-refractivity contribution in [1.29, 1.82) is 0 Å². The van der Waals surface area contributed by atoms with Crippen LogP contribution < -0.4 is 10.5 Å². The minimum atomic E-state index is -1.89. The minimum Gasteiger partial charge on any atom is -0.362 e. The normalized spacial score (nSPS) is 17.1. The van der Waals surface area contributed by atoms with Crippen molar-refractivity contribution in [2.75, 3.05) is 23.7 Å². The predicted molar refractivity (Wildman–Crippen MR) is 91.1 cm³/mol. The van der Waals surface area contributed by atoms with Gasteiger partial charge < -0.3 is 15.1 Å². The summed E-state index contributed by atoms with van der Waals surface area (Å²) in [5, 5.41) is 17.6. The molecule has 0 atom stereocenters. The lowest BCUT2D eigenvalue weighted by Gasteiger charge is -2.36. The van der Waals surface area contributed by atoms with Gasteiger partial charge in [0.05, 0.1) is 17.9 Å². The summed E-state index contributed by atoms with van der Waals surface area (Å²) in [5.41, 5.74) is 0.999. The van der Waals surface area contributed by atoms with Crippen LogP contribution in [0.1, 0.15) is 11.5 Å². The topological polar surface area (TPSA) is 78.6 Å². The number of aliphatic hydroxyl groups is 2. The quantitative estimate of drug-likeness (QED) is 0.791. The van der Waals surface area contributed by atoms with E-state index in [0.29, 0.717) is 29.5 Å². The van der Waals surface area contributed by atoms with E-state index in [0.717, 1.165) is 11.8 Å². The molecule has 1 saturated heterocycles. The van der Waals surface area contributed by atoms with Crippen LogP contribution in [0.15, 0.2) is 29.1 Å². The third-order valence-corrected chi connectivity index (χ3v) is 4.81. The maximum Gasteiger partial charge on any atom is 0.258 e. The van der Waals surface area contributed by atoms with Gasteiger partial charge in [-0.3, -0.25) is 9.36 Å². The van der Waals surface area contributed by atoms with E-state index in [1.807, 2.05) is 0 Å². The van der Waals surface area contributed by atoms with E-state index in [1.54, 1.807) is 30.9 Å². The number of rotatable bonds is 2. The number of nitrogens with zero attached hydrogens (tertiary/aromatic N) is 3. The summed E-state index contributed by atoms with van der Waals surface area (Å²) in [4.78, 5) is 18.0. The second-order valence-corrected chi connectivity index (χ2v) is 7.12. The second kappa shape index (κ2) is 6.19. The zero-order chi connectivity index (χ0) is 17.5. The first-order chi connectivity index (χ1) is 11.3. The van der Waals surface area contributed by atoms with Crippen LogP contribution >= 0.6 is 11.8 Å². The Labute approximate surface area is 142 Å². The molecule has 1 aromatic heterocycles. The Bertz CT molecular complexity index is 838. The number of hydrogen-bond acceptors (Lipinski definition) is 6. The number of aryl methyl sites for hydroxylation is 2. The van der Waals surface area contributed by atoms with Crippen LogP contribution in [0.25, 0.3) is 5.69 Å². The zero-order valence-electron chi connectivity index (χ0n) is 13.4. The Hall–Kier alpha value is -1.90. The monoisotopic (exact) mass is 351 g/mol. The Morgan fingerprint density at radius 2 is 2.04 bits per heavy atom. The van der Waals surface area contributed by atoms with Crippen molar-refractivity contribution in [1.82, 2.24) is 9.55 Å². The van der Waals surface area contributed by atoms with E-state index in [2.05, 4.69) is 4.98 Å². The van der Waals surface area contributed by atoms with Gasteiger partial charge in [0.25, 0.3) is 5.56 Å². The summed E-state index contributed by atoms with van der Waals surface area (Å²) in [7, 11) is 0. The first kappa shape index (κ1) is 16.9. The van der Waals surface area contributed by atoms with Crippen molar-refractivity contribution < 1.29 is 14.6 Å². The third-order valence-electron chi connectivity index (χ3n) is 3.84. The molecule has 2 heterocycles. The highest BCUT2D eigenvalue weighted by molar-refractivity contribution is 8.00. The number of hydrogen-bond donors (Lipinski definition) is 2. The van der Waals surface area contributed by atoms with Gasteiger partial charge in [-0.1, -0.05) is 11.8 Å². The molecule has 2 aromatic rings. The molecule has 24 heavy (non-hydrogen) atoms. The number of anilines is 1. The Balaban J connectivity index is 1.98. The van der Waals surface area contributed by atoms with E-state index >= 15 is 0 Å². The van der Waals surface area contributed by atoms with Crippen LogP contribution in [-0.4, -0.2) is 43.7 Å². The summed E-state index contributed by atoms with van der Waals surface area (Å²) in [5.74, 6) is 0.433. The van der Waals surface area contributed by atoms with E-state index in [4.69, 9.17) is 0 Å².